The molecule has 0 saturated heterocycles. The topological polar surface area (TPSA) is 52.0 Å². The molecular weight excluding hydrogens is 399 g/mol. The summed E-state index contributed by atoms with van der Waals surface area (Å²) in [7, 11) is 1.66. The van der Waals surface area contributed by atoms with E-state index in [1.165, 1.54) is 0 Å². The van der Waals surface area contributed by atoms with Crippen LogP contribution in [0.5, 0.6) is 5.75 Å². The van der Waals surface area contributed by atoms with Crippen molar-refractivity contribution in [2.24, 2.45) is 0 Å². The standard InChI is InChI=1S/C20H16ClN4O.V/c1-26-16-9-7-14(8-10-16)13-25-12-11-17-18(25)19(21)24-20(23-17)22-15-5-3-2-4-6-15;/h3-12H,13H2,1H3,(H,22,23,24);/q-1;. The molecule has 2 heterocycles. The minimum Gasteiger partial charge on any atom is -0.497 e. The molecule has 0 saturated carbocycles. The van der Waals surface area contributed by atoms with Gasteiger partial charge in [0.15, 0.2) is 5.15 Å². The van der Waals surface area contributed by atoms with E-state index in [2.05, 4.69) is 21.4 Å². The quantitative estimate of drug-likeness (QED) is 0.380. The maximum Gasteiger partial charge on any atom is 0.227 e. The number of nitrogens with one attached hydrogen (secondary N) is 1. The largest absolute Gasteiger partial charge is 0.497 e. The van der Waals surface area contributed by atoms with Gasteiger partial charge >= 0.3 is 0 Å². The van der Waals surface area contributed by atoms with Crippen LogP contribution in [0.25, 0.3) is 11.0 Å². The van der Waals surface area contributed by atoms with Gasteiger partial charge in [-0.15, -0.1) is 12.1 Å². The Morgan fingerprint density at radius 2 is 1.81 bits per heavy atom. The predicted molar refractivity (Wildman–Crippen MR) is 103 cm³/mol. The summed E-state index contributed by atoms with van der Waals surface area (Å²) in [6, 6.07) is 20.3. The molecule has 0 aliphatic rings. The molecule has 4 rings (SSSR count). The molecule has 27 heavy (non-hydrogen) atoms. The molecule has 2 aromatic carbocycles. The zero-order valence-electron chi connectivity index (χ0n) is 14.6. The van der Waals surface area contributed by atoms with Crippen molar-refractivity contribution in [3.8, 4) is 5.75 Å². The summed E-state index contributed by atoms with van der Waals surface area (Å²) in [5.74, 6) is 1.30. The summed E-state index contributed by atoms with van der Waals surface area (Å²) in [6.07, 6.45) is 1.97. The fraction of sp³-hybridized carbons (Fsp3) is 0.100. The van der Waals surface area contributed by atoms with Gasteiger partial charge in [-0.3, -0.25) is 0 Å². The molecule has 5 nitrogen and oxygen atoms in total. The third-order valence-corrected chi connectivity index (χ3v) is 4.32. The van der Waals surface area contributed by atoms with Gasteiger partial charge in [0.25, 0.3) is 0 Å². The van der Waals surface area contributed by atoms with E-state index in [-0.39, 0.29) is 18.6 Å². The molecule has 135 valence electrons. The van der Waals surface area contributed by atoms with Crippen molar-refractivity contribution in [3.05, 3.63) is 77.6 Å². The van der Waals surface area contributed by atoms with Crippen LogP contribution in [0.2, 0.25) is 5.15 Å². The van der Waals surface area contributed by atoms with Gasteiger partial charge < -0.3 is 14.6 Å². The van der Waals surface area contributed by atoms with Crippen molar-refractivity contribution >= 4 is 34.3 Å². The van der Waals surface area contributed by atoms with Crippen molar-refractivity contribution < 1.29 is 23.3 Å². The van der Waals surface area contributed by atoms with Gasteiger partial charge in [0, 0.05) is 31.3 Å². The molecule has 7 heteroatoms. The molecule has 1 N–H and O–H groups in total. The van der Waals surface area contributed by atoms with Crippen molar-refractivity contribution in [2.75, 3.05) is 12.4 Å². The second kappa shape index (κ2) is 8.48. The summed E-state index contributed by atoms with van der Waals surface area (Å²) in [5.41, 5.74) is 3.64. The summed E-state index contributed by atoms with van der Waals surface area (Å²) in [5, 5.41) is 3.57. The van der Waals surface area contributed by atoms with Crippen molar-refractivity contribution in [1.29, 1.82) is 0 Å². The zero-order valence-corrected chi connectivity index (χ0v) is 16.7. The molecule has 4 aromatic rings. The van der Waals surface area contributed by atoms with Crippen LogP contribution < -0.4 is 10.1 Å². The van der Waals surface area contributed by atoms with Crippen LogP contribution in [0.4, 0.5) is 11.6 Å². The Balaban J connectivity index is 0.00000210. The van der Waals surface area contributed by atoms with Crippen LogP contribution in [0.1, 0.15) is 5.56 Å². The van der Waals surface area contributed by atoms with Gasteiger partial charge in [-0.05, 0) is 23.8 Å². The Labute approximate surface area is 174 Å². The normalized spacial score (nSPS) is 10.4. The molecule has 0 amide bonds. The molecule has 0 spiro atoms. The Bertz CT molecular complexity index is 1040. The third-order valence-electron chi connectivity index (χ3n) is 4.05. The predicted octanol–water partition coefficient (Wildman–Crippen LogP) is 4.68. The zero-order chi connectivity index (χ0) is 17.9. The van der Waals surface area contributed by atoms with E-state index in [1.54, 1.807) is 7.11 Å². The number of ether oxygens (including phenoxy) is 1. The SMILES string of the molecule is COc1ccc(Cn2ccc3nc(Nc4cc[c-]cc4)nc(Cl)c32)cc1.[V]. The first-order valence-electron chi connectivity index (χ1n) is 8.11. The maximum atomic E-state index is 6.45. The number of nitrogens with zero attached hydrogens (tertiary/aromatic N) is 3. The van der Waals surface area contributed by atoms with E-state index in [9.17, 15) is 0 Å². The first-order valence-corrected chi connectivity index (χ1v) is 8.49. The smallest absolute Gasteiger partial charge is 0.227 e. The van der Waals surface area contributed by atoms with Crippen molar-refractivity contribution in [2.45, 2.75) is 6.54 Å². The first kappa shape index (κ1) is 19.3. The van der Waals surface area contributed by atoms with Crippen molar-refractivity contribution in [1.82, 2.24) is 14.5 Å². The third kappa shape index (κ3) is 4.27. The monoisotopic (exact) mass is 414 g/mol. The summed E-state index contributed by atoms with van der Waals surface area (Å²) >= 11 is 6.45. The number of hydrogen-bond donors (Lipinski definition) is 1. The van der Waals surface area contributed by atoms with Crippen LogP contribution in [-0.2, 0) is 25.1 Å². The molecule has 0 bridgehead atoms. The first-order chi connectivity index (χ1) is 12.7. The second-order valence-electron chi connectivity index (χ2n) is 5.78. The summed E-state index contributed by atoms with van der Waals surface area (Å²) in [6.45, 7) is 0.678. The molecule has 0 atom stereocenters. The number of hydrogen-bond acceptors (Lipinski definition) is 4. The molecular formula is C20H16ClN4OV-. The molecule has 1 radical (unpaired) electrons. The van der Waals surface area contributed by atoms with Crippen LogP contribution in [-0.4, -0.2) is 21.6 Å². The van der Waals surface area contributed by atoms with E-state index in [1.807, 2.05) is 65.4 Å². The van der Waals surface area contributed by atoms with Gasteiger partial charge in [0.2, 0.25) is 5.95 Å². The van der Waals surface area contributed by atoms with Crippen LogP contribution in [0, 0.1) is 6.07 Å². The number of rotatable bonds is 5. The van der Waals surface area contributed by atoms with E-state index in [0.29, 0.717) is 17.6 Å². The molecule has 0 unspecified atom stereocenters. The Morgan fingerprint density at radius 3 is 2.52 bits per heavy atom. The average Bonchev–Trinajstić information content (AvgIpc) is 3.06. The fourth-order valence-electron chi connectivity index (χ4n) is 2.78. The van der Waals surface area contributed by atoms with E-state index >= 15 is 0 Å². The molecule has 2 aromatic heterocycles. The Hall–Kier alpha value is -2.47. The van der Waals surface area contributed by atoms with E-state index in [0.717, 1.165) is 28.0 Å². The number of anilines is 2. The Kier molecular flexibility index (Phi) is 6.06. The minimum atomic E-state index is 0. The van der Waals surface area contributed by atoms with Crippen LogP contribution in [0.15, 0.2) is 60.8 Å². The van der Waals surface area contributed by atoms with E-state index in [4.69, 9.17) is 16.3 Å². The molecule has 0 fully saturated rings. The van der Waals surface area contributed by atoms with Gasteiger partial charge in [-0.25, -0.2) is 4.98 Å². The van der Waals surface area contributed by atoms with Crippen molar-refractivity contribution in [3.63, 3.8) is 0 Å². The van der Waals surface area contributed by atoms with Crippen LogP contribution >= 0.6 is 11.6 Å². The number of methoxy groups -OCH3 is 1. The van der Waals surface area contributed by atoms with Gasteiger partial charge in [0.05, 0.1) is 12.6 Å². The maximum absolute atomic E-state index is 6.45. The fourth-order valence-corrected chi connectivity index (χ4v) is 3.06. The number of halogens is 1. The van der Waals surface area contributed by atoms with Gasteiger partial charge in [-0.1, -0.05) is 29.4 Å². The number of fused-ring (bicyclic) bond motifs is 1. The summed E-state index contributed by atoms with van der Waals surface area (Å²) in [4.78, 5) is 8.95. The summed E-state index contributed by atoms with van der Waals surface area (Å²) < 4.78 is 7.24. The Morgan fingerprint density at radius 1 is 1.07 bits per heavy atom. The van der Waals surface area contributed by atoms with Crippen LogP contribution in [0.3, 0.4) is 0 Å². The van der Waals surface area contributed by atoms with Gasteiger partial charge in [-0.2, -0.15) is 23.2 Å². The number of benzene rings is 2. The molecule has 0 aliphatic heterocycles. The average molecular weight is 415 g/mol. The number of aromatic nitrogens is 3. The second-order valence-corrected chi connectivity index (χ2v) is 6.14. The van der Waals surface area contributed by atoms with E-state index < -0.39 is 0 Å². The van der Waals surface area contributed by atoms with Gasteiger partial charge in [0.1, 0.15) is 11.3 Å². The minimum absolute atomic E-state index is 0. The molecule has 0 aliphatic carbocycles.